The second kappa shape index (κ2) is 6.45. The van der Waals surface area contributed by atoms with Crippen LogP contribution in [0.3, 0.4) is 0 Å². The van der Waals surface area contributed by atoms with E-state index in [1.165, 1.54) is 24.3 Å². The van der Waals surface area contributed by atoms with Crippen LogP contribution in [0.5, 0.6) is 0 Å². The molecule has 0 aliphatic carbocycles. The van der Waals surface area contributed by atoms with E-state index in [-0.39, 0.29) is 17.8 Å². The van der Waals surface area contributed by atoms with Gasteiger partial charge in [-0.3, -0.25) is 14.5 Å². The maximum Gasteiger partial charge on any atom is 0.251 e. The molecule has 0 bridgehead atoms. The lowest BCUT2D eigenvalue weighted by Gasteiger charge is -2.14. The van der Waals surface area contributed by atoms with Gasteiger partial charge in [0.05, 0.1) is 6.04 Å². The van der Waals surface area contributed by atoms with Gasteiger partial charge in [0.25, 0.3) is 5.91 Å². The van der Waals surface area contributed by atoms with Gasteiger partial charge in [0.1, 0.15) is 5.82 Å². The highest BCUT2D eigenvalue weighted by atomic mass is 32.1. The second-order valence-corrected chi connectivity index (χ2v) is 4.87. The van der Waals surface area contributed by atoms with Crippen LogP contribution < -0.4 is 5.32 Å². The molecule has 1 heterocycles. The molecular weight excluding hydrogens is 291 g/mol. The molecule has 0 aliphatic rings. The number of aromatic nitrogens is 3. The van der Waals surface area contributed by atoms with Gasteiger partial charge in [-0.05, 0) is 43.4 Å². The summed E-state index contributed by atoms with van der Waals surface area (Å²) < 4.78 is 15.1. The van der Waals surface area contributed by atoms with Crippen LogP contribution in [0.1, 0.15) is 29.1 Å². The predicted octanol–water partition coefficient (Wildman–Crippen LogP) is 2.76. The summed E-state index contributed by atoms with van der Waals surface area (Å²) in [5.41, 5.74) is 0.382. The fraction of sp³-hybridized carbons (Fsp3) is 0.214. The van der Waals surface area contributed by atoms with Crippen molar-refractivity contribution in [3.63, 3.8) is 0 Å². The number of carbonyl (C=O) groups is 1. The average Bonchev–Trinajstić information content (AvgIpc) is 2.81. The molecule has 21 heavy (non-hydrogen) atoms. The number of nitrogens with zero attached hydrogens (tertiary/aromatic N) is 2. The third-order valence-electron chi connectivity index (χ3n) is 2.94. The van der Waals surface area contributed by atoms with Gasteiger partial charge in [0, 0.05) is 12.1 Å². The average molecular weight is 306 g/mol. The van der Waals surface area contributed by atoms with E-state index >= 15 is 0 Å². The number of hydrogen-bond acceptors (Lipinski definition) is 3. The first-order chi connectivity index (χ1) is 10.0. The number of hydrogen-bond donors (Lipinski definition) is 2. The monoisotopic (exact) mass is 306 g/mol. The van der Waals surface area contributed by atoms with Crippen LogP contribution in [0.4, 0.5) is 4.39 Å². The number of amides is 1. The first kappa shape index (κ1) is 15.1. The van der Waals surface area contributed by atoms with Crippen LogP contribution in [0.2, 0.25) is 0 Å². The summed E-state index contributed by atoms with van der Waals surface area (Å²) >= 11 is 5.12. The lowest BCUT2D eigenvalue weighted by Crippen LogP contribution is -2.28. The zero-order valence-corrected chi connectivity index (χ0v) is 12.3. The van der Waals surface area contributed by atoms with Crippen LogP contribution in [0.15, 0.2) is 36.9 Å². The van der Waals surface area contributed by atoms with Gasteiger partial charge < -0.3 is 5.32 Å². The number of allylic oxidation sites excluding steroid dienone is 1. The van der Waals surface area contributed by atoms with Gasteiger partial charge in [-0.15, -0.1) is 6.58 Å². The Morgan fingerprint density at radius 1 is 1.57 bits per heavy atom. The van der Waals surface area contributed by atoms with Crippen molar-refractivity contribution < 1.29 is 9.18 Å². The van der Waals surface area contributed by atoms with Crippen LogP contribution in [-0.2, 0) is 6.54 Å². The SMILES string of the molecule is C=CCn1c([C@@H](C)NC(=O)c2ccc(F)cc2)n[nH]c1=S. The van der Waals surface area contributed by atoms with Gasteiger partial charge in [-0.2, -0.15) is 5.10 Å². The molecule has 2 aromatic rings. The summed E-state index contributed by atoms with van der Waals surface area (Å²) in [7, 11) is 0. The van der Waals surface area contributed by atoms with Gasteiger partial charge in [-0.25, -0.2) is 4.39 Å². The fourth-order valence-electron chi connectivity index (χ4n) is 1.91. The molecule has 0 saturated carbocycles. The van der Waals surface area contributed by atoms with Crippen molar-refractivity contribution >= 4 is 18.1 Å². The number of rotatable bonds is 5. The number of aromatic amines is 1. The molecular formula is C14H15FN4OS. The molecule has 0 fully saturated rings. The summed E-state index contributed by atoms with van der Waals surface area (Å²) in [5.74, 6) is -0.0802. The molecule has 0 spiro atoms. The van der Waals surface area contributed by atoms with Gasteiger partial charge in [-0.1, -0.05) is 6.08 Å². The van der Waals surface area contributed by atoms with E-state index in [0.717, 1.165) is 0 Å². The van der Waals surface area contributed by atoms with E-state index in [2.05, 4.69) is 22.1 Å². The van der Waals surface area contributed by atoms with Crippen molar-refractivity contribution in [2.24, 2.45) is 0 Å². The maximum atomic E-state index is 12.8. The molecule has 1 amide bonds. The highest BCUT2D eigenvalue weighted by Crippen LogP contribution is 2.12. The third-order valence-corrected chi connectivity index (χ3v) is 3.25. The predicted molar refractivity (Wildman–Crippen MR) is 79.9 cm³/mol. The molecule has 1 aromatic carbocycles. The fourth-order valence-corrected chi connectivity index (χ4v) is 2.13. The van der Waals surface area contributed by atoms with E-state index in [0.29, 0.717) is 22.7 Å². The highest BCUT2D eigenvalue weighted by molar-refractivity contribution is 7.71. The third kappa shape index (κ3) is 3.43. The van der Waals surface area contributed by atoms with Crippen LogP contribution >= 0.6 is 12.2 Å². The summed E-state index contributed by atoms with van der Waals surface area (Å²) in [5, 5.41) is 9.61. The van der Waals surface area contributed by atoms with Crippen molar-refractivity contribution in [3.05, 3.63) is 58.9 Å². The Bertz CT molecular complexity index is 705. The molecule has 110 valence electrons. The van der Waals surface area contributed by atoms with Crippen molar-refractivity contribution in [1.29, 1.82) is 0 Å². The summed E-state index contributed by atoms with van der Waals surface area (Å²) in [6, 6.07) is 4.99. The van der Waals surface area contributed by atoms with E-state index in [4.69, 9.17) is 12.2 Å². The number of benzene rings is 1. The Morgan fingerprint density at radius 3 is 2.86 bits per heavy atom. The van der Waals surface area contributed by atoms with Gasteiger partial charge >= 0.3 is 0 Å². The number of carbonyl (C=O) groups excluding carboxylic acids is 1. The van der Waals surface area contributed by atoms with Crippen molar-refractivity contribution in [3.8, 4) is 0 Å². The smallest absolute Gasteiger partial charge is 0.251 e. The maximum absolute atomic E-state index is 12.8. The quantitative estimate of drug-likeness (QED) is 0.659. The number of H-pyrrole nitrogens is 1. The molecule has 0 aliphatic heterocycles. The van der Waals surface area contributed by atoms with Crippen LogP contribution in [0, 0.1) is 10.6 Å². The molecule has 0 unspecified atom stereocenters. The molecule has 1 aromatic heterocycles. The zero-order valence-electron chi connectivity index (χ0n) is 11.5. The molecule has 0 saturated heterocycles. The number of nitrogens with one attached hydrogen (secondary N) is 2. The van der Waals surface area contributed by atoms with Crippen LogP contribution in [-0.4, -0.2) is 20.7 Å². The van der Waals surface area contributed by atoms with Gasteiger partial charge in [0.2, 0.25) is 0 Å². The summed E-state index contributed by atoms with van der Waals surface area (Å²) in [6.45, 7) is 5.96. The Kier molecular flexibility index (Phi) is 4.64. The Hall–Kier alpha value is -2.28. The largest absolute Gasteiger partial charge is 0.342 e. The topological polar surface area (TPSA) is 62.7 Å². The Balaban J connectivity index is 2.16. The van der Waals surface area contributed by atoms with Crippen molar-refractivity contribution in [2.45, 2.75) is 19.5 Å². The number of halogens is 1. The standard InChI is InChI=1S/C14H15FN4OS/c1-3-8-19-12(17-18-14(19)21)9(2)16-13(20)10-4-6-11(15)7-5-10/h3-7,9H,1,8H2,2H3,(H,16,20)(H,18,21)/t9-/m1/s1. The Labute approximate surface area is 126 Å². The summed E-state index contributed by atoms with van der Waals surface area (Å²) in [6.07, 6.45) is 1.70. The molecule has 0 radical (unpaired) electrons. The molecule has 2 rings (SSSR count). The van der Waals surface area contributed by atoms with Crippen molar-refractivity contribution in [1.82, 2.24) is 20.1 Å². The highest BCUT2D eigenvalue weighted by Gasteiger charge is 2.16. The minimum Gasteiger partial charge on any atom is -0.342 e. The first-order valence-corrected chi connectivity index (χ1v) is 6.76. The molecule has 5 nitrogen and oxygen atoms in total. The second-order valence-electron chi connectivity index (χ2n) is 4.49. The molecule has 7 heteroatoms. The molecule has 1 atom stereocenters. The minimum atomic E-state index is -0.383. The van der Waals surface area contributed by atoms with Crippen LogP contribution in [0.25, 0.3) is 0 Å². The zero-order chi connectivity index (χ0) is 15.4. The van der Waals surface area contributed by atoms with Crippen molar-refractivity contribution in [2.75, 3.05) is 0 Å². The normalized spacial score (nSPS) is 11.9. The lowest BCUT2D eigenvalue weighted by atomic mass is 10.2. The van der Waals surface area contributed by atoms with E-state index < -0.39 is 0 Å². The lowest BCUT2D eigenvalue weighted by molar-refractivity contribution is 0.0937. The van der Waals surface area contributed by atoms with Gasteiger partial charge in [0.15, 0.2) is 10.6 Å². The minimum absolute atomic E-state index is 0.304. The van der Waals surface area contributed by atoms with E-state index in [1.807, 2.05) is 0 Å². The Morgan fingerprint density at radius 2 is 2.24 bits per heavy atom. The first-order valence-electron chi connectivity index (χ1n) is 6.35. The van der Waals surface area contributed by atoms with E-state index in [9.17, 15) is 9.18 Å². The van der Waals surface area contributed by atoms with E-state index in [1.54, 1.807) is 17.6 Å². The molecule has 2 N–H and O–H groups in total. The summed E-state index contributed by atoms with van der Waals surface area (Å²) in [4.78, 5) is 12.1.